The number of β-amino-alcohol motifs (C(OH)–C–C–N with tert-alkyl or cyclic N) is 1. The van der Waals surface area contributed by atoms with Crippen LogP contribution in [0.5, 0.6) is 0 Å². The average molecular weight is 234 g/mol. The molecule has 1 atom stereocenters. The number of benzene rings is 1. The molecule has 3 N–H and O–H groups in total. The Morgan fingerprint density at radius 2 is 2.12 bits per heavy atom. The fourth-order valence-electron chi connectivity index (χ4n) is 2.27. The topological polar surface area (TPSA) is 49.5 Å². The quantitative estimate of drug-likeness (QED) is 0.782. The Balaban J connectivity index is 2.03. The Hall–Kier alpha value is -1.06. The zero-order chi connectivity index (χ0) is 12.4. The second kappa shape index (κ2) is 5.07. The third-order valence-electron chi connectivity index (χ3n) is 3.54. The molecular formula is C14H22N2O. The molecule has 0 radical (unpaired) electrons. The molecule has 0 spiro atoms. The van der Waals surface area contributed by atoms with Crippen molar-refractivity contribution in [2.45, 2.75) is 32.9 Å². The zero-order valence-electron chi connectivity index (χ0n) is 10.7. The monoisotopic (exact) mass is 234 g/mol. The Bertz CT molecular complexity index is 390. The predicted octanol–water partition coefficient (Wildman–Crippen LogP) is 1.64. The summed E-state index contributed by atoms with van der Waals surface area (Å²) in [5.74, 6) is 0.317. The van der Waals surface area contributed by atoms with Gasteiger partial charge in [0, 0.05) is 25.3 Å². The van der Waals surface area contributed by atoms with Crippen molar-refractivity contribution >= 4 is 5.69 Å². The first-order chi connectivity index (χ1) is 8.06. The maximum Gasteiger partial charge on any atom is 0.0690 e. The molecule has 1 aromatic carbocycles. The molecular weight excluding hydrogens is 212 g/mol. The van der Waals surface area contributed by atoms with Crippen molar-refractivity contribution in [2.24, 2.45) is 5.92 Å². The van der Waals surface area contributed by atoms with Gasteiger partial charge in [-0.1, -0.05) is 19.9 Å². The summed E-state index contributed by atoms with van der Waals surface area (Å²) in [4.78, 5) is 2.31. The summed E-state index contributed by atoms with van der Waals surface area (Å²) in [6.45, 7) is 6.80. The first-order valence-electron chi connectivity index (χ1n) is 6.34. The molecule has 0 fully saturated rings. The van der Waals surface area contributed by atoms with Crippen LogP contribution >= 0.6 is 0 Å². The number of anilines is 1. The molecule has 1 aromatic rings. The first-order valence-corrected chi connectivity index (χ1v) is 6.34. The summed E-state index contributed by atoms with van der Waals surface area (Å²) in [5, 5.41) is 9.91. The molecule has 1 heterocycles. The van der Waals surface area contributed by atoms with Crippen LogP contribution in [-0.2, 0) is 13.0 Å². The molecule has 94 valence electrons. The van der Waals surface area contributed by atoms with Gasteiger partial charge < -0.3 is 10.8 Å². The highest BCUT2D eigenvalue weighted by Crippen LogP contribution is 2.21. The lowest BCUT2D eigenvalue weighted by atomic mass is 9.98. The molecule has 0 aromatic heterocycles. The third kappa shape index (κ3) is 2.99. The van der Waals surface area contributed by atoms with E-state index in [4.69, 9.17) is 5.73 Å². The van der Waals surface area contributed by atoms with E-state index in [1.54, 1.807) is 0 Å². The van der Waals surface area contributed by atoms with Crippen LogP contribution in [0, 0.1) is 5.92 Å². The van der Waals surface area contributed by atoms with Gasteiger partial charge in [0.15, 0.2) is 0 Å². The lowest BCUT2D eigenvalue weighted by molar-refractivity contribution is 0.0710. The molecule has 0 aliphatic carbocycles. The first kappa shape index (κ1) is 12.4. The van der Waals surface area contributed by atoms with Gasteiger partial charge in [0.1, 0.15) is 0 Å². The summed E-state index contributed by atoms with van der Waals surface area (Å²) >= 11 is 0. The molecule has 0 amide bonds. The fourth-order valence-corrected chi connectivity index (χ4v) is 2.27. The Morgan fingerprint density at radius 1 is 1.35 bits per heavy atom. The number of aliphatic hydroxyl groups excluding tert-OH is 1. The highest BCUT2D eigenvalue weighted by atomic mass is 16.3. The van der Waals surface area contributed by atoms with E-state index in [-0.39, 0.29) is 6.10 Å². The normalized spacial score (nSPS) is 18.1. The highest BCUT2D eigenvalue weighted by Gasteiger charge is 2.20. The molecule has 17 heavy (non-hydrogen) atoms. The maximum atomic E-state index is 9.91. The van der Waals surface area contributed by atoms with Gasteiger partial charge in [-0.2, -0.15) is 0 Å². The molecule has 1 aliphatic heterocycles. The number of rotatable bonds is 3. The van der Waals surface area contributed by atoms with E-state index in [1.165, 1.54) is 11.1 Å². The van der Waals surface area contributed by atoms with Crippen LogP contribution in [0.15, 0.2) is 18.2 Å². The zero-order valence-corrected chi connectivity index (χ0v) is 10.7. The second-order valence-corrected chi connectivity index (χ2v) is 5.32. The summed E-state index contributed by atoms with van der Waals surface area (Å²) < 4.78 is 0. The number of fused-ring (bicyclic) bond motifs is 1. The van der Waals surface area contributed by atoms with Gasteiger partial charge >= 0.3 is 0 Å². The summed E-state index contributed by atoms with van der Waals surface area (Å²) in [5.41, 5.74) is 9.35. The van der Waals surface area contributed by atoms with Gasteiger partial charge in [-0.15, -0.1) is 0 Å². The molecule has 3 heteroatoms. The van der Waals surface area contributed by atoms with Gasteiger partial charge in [0.2, 0.25) is 0 Å². The van der Waals surface area contributed by atoms with Crippen LogP contribution in [0.3, 0.4) is 0 Å². The van der Waals surface area contributed by atoms with E-state index in [0.29, 0.717) is 5.92 Å². The maximum absolute atomic E-state index is 9.91. The lowest BCUT2D eigenvalue weighted by Crippen LogP contribution is -2.38. The van der Waals surface area contributed by atoms with E-state index in [0.717, 1.165) is 31.7 Å². The Morgan fingerprint density at radius 3 is 2.82 bits per heavy atom. The van der Waals surface area contributed by atoms with Crippen LogP contribution in [0.4, 0.5) is 5.69 Å². The number of nitrogens with zero attached hydrogens (tertiary/aromatic N) is 1. The SMILES string of the molecule is CC(C)C(O)CN1CCc2ccc(N)cc2C1. The summed E-state index contributed by atoms with van der Waals surface area (Å²) in [6, 6.07) is 6.15. The van der Waals surface area contributed by atoms with E-state index >= 15 is 0 Å². The van der Waals surface area contributed by atoms with Crippen molar-refractivity contribution in [1.82, 2.24) is 4.90 Å². The largest absolute Gasteiger partial charge is 0.399 e. The molecule has 2 rings (SSSR count). The van der Waals surface area contributed by atoms with E-state index in [2.05, 4.69) is 30.9 Å². The highest BCUT2D eigenvalue weighted by molar-refractivity contribution is 5.45. The van der Waals surface area contributed by atoms with E-state index in [9.17, 15) is 5.11 Å². The molecule has 3 nitrogen and oxygen atoms in total. The fraction of sp³-hybridized carbons (Fsp3) is 0.571. The van der Waals surface area contributed by atoms with Crippen molar-refractivity contribution in [2.75, 3.05) is 18.8 Å². The minimum atomic E-state index is -0.238. The minimum absolute atomic E-state index is 0.238. The molecule has 1 aliphatic rings. The van der Waals surface area contributed by atoms with E-state index < -0.39 is 0 Å². The van der Waals surface area contributed by atoms with Crippen molar-refractivity contribution in [3.8, 4) is 0 Å². The third-order valence-corrected chi connectivity index (χ3v) is 3.54. The standard InChI is InChI=1S/C14H22N2O/c1-10(2)14(17)9-16-6-5-11-3-4-13(15)7-12(11)8-16/h3-4,7,10,14,17H,5-6,8-9,15H2,1-2H3. The van der Waals surface area contributed by atoms with Gasteiger partial charge in [-0.3, -0.25) is 4.90 Å². The van der Waals surface area contributed by atoms with Crippen LogP contribution in [0.25, 0.3) is 0 Å². The van der Waals surface area contributed by atoms with Crippen LogP contribution in [-0.4, -0.2) is 29.2 Å². The number of nitrogens with two attached hydrogens (primary N) is 1. The van der Waals surface area contributed by atoms with Gasteiger partial charge in [0.05, 0.1) is 6.10 Å². The van der Waals surface area contributed by atoms with Gasteiger partial charge in [0.25, 0.3) is 0 Å². The van der Waals surface area contributed by atoms with E-state index in [1.807, 2.05) is 6.07 Å². The Labute approximate surface area is 103 Å². The Kier molecular flexibility index (Phi) is 3.69. The lowest BCUT2D eigenvalue weighted by Gasteiger charge is -2.31. The van der Waals surface area contributed by atoms with Crippen molar-refractivity contribution in [3.05, 3.63) is 29.3 Å². The van der Waals surface area contributed by atoms with Crippen molar-refractivity contribution in [3.63, 3.8) is 0 Å². The predicted molar refractivity (Wildman–Crippen MR) is 70.7 cm³/mol. The summed E-state index contributed by atoms with van der Waals surface area (Å²) in [7, 11) is 0. The van der Waals surface area contributed by atoms with Crippen molar-refractivity contribution in [1.29, 1.82) is 0 Å². The molecule has 0 saturated heterocycles. The number of hydrogen-bond acceptors (Lipinski definition) is 3. The van der Waals surface area contributed by atoms with Crippen molar-refractivity contribution < 1.29 is 5.11 Å². The second-order valence-electron chi connectivity index (χ2n) is 5.32. The van der Waals surface area contributed by atoms with Gasteiger partial charge in [-0.05, 0) is 35.6 Å². The minimum Gasteiger partial charge on any atom is -0.399 e. The summed E-state index contributed by atoms with van der Waals surface area (Å²) in [6.07, 6.45) is 0.818. The van der Waals surface area contributed by atoms with Crippen LogP contribution < -0.4 is 5.73 Å². The molecule has 0 saturated carbocycles. The number of hydrogen-bond donors (Lipinski definition) is 2. The van der Waals surface area contributed by atoms with Crippen LogP contribution in [0.2, 0.25) is 0 Å². The number of nitrogen functional groups attached to an aromatic ring is 1. The van der Waals surface area contributed by atoms with Gasteiger partial charge in [-0.25, -0.2) is 0 Å². The smallest absolute Gasteiger partial charge is 0.0690 e. The average Bonchev–Trinajstić information content (AvgIpc) is 2.28. The van der Waals surface area contributed by atoms with Crippen LogP contribution in [0.1, 0.15) is 25.0 Å². The number of aliphatic hydroxyl groups is 1. The molecule has 0 bridgehead atoms. The molecule has 1 unspecified atom stereocenters.